The summed E-state index contributed by atoms with van der Waals surface area (Å²) in [7, 11) is 0. The number of hydrogen-bond acceptors (Lipinski definition) is 2. The van der Waals surface area contributed by atoms with Crippen molar-refractivity contribution in [1.29, 1.82) is 0 Å². The minimum absolute atomic E-state index is 0.572. The fourth-order valence-corrected chi connectivity index (χ4v) is 1.79. The Morgan fingerprint density at radius 1 is 1.12 bits per heavy atom. The van der Waals surface area contributed by atoms with Gasteiger partial charge in [0.2, 0.25) is 0 Å². The Balaban J connectivity index is 2.31. The standard InChI is InChI=1S/C12H9BrClNO/c13-10-5-2-6-11(12(10)15)16-9-4-1-3-8(14)7-9/h1-7H,15H2. The quantitative estimate of drug-likeness (QED) is 0.830. The molecular weight excluding hydrogens is 289 g/mol. The average molecular weight is 299 g/mol. The number of halogens is 2. The molecule has 16 heavy (non-hydrogen) atoms. The highest BCUT2D eigenvalue weighted by atomic mass is 79.9. The predicted octanol–water partition coefficient (Wildman–Crippen LogP) is 4.48. The van der Waals surface area contributed by atoms with Crippen LogP contribution in [0.4, 0.5) is 5.69 Å². The molecule has 0 aliphatic carbocycles. The number of nitrogen functional groups attached to an aromatic ring is 1. The first kappa shape index (κ1) is 11.3. The van der Waals surface area contributed by atoms with Crippen LogP contribution in [0.25, 0.3) is 0 Å². The topological polar surface area (TPSA) is 35.2 Å². The van der Waals surface area contributed by atoms with Gasteiger partial charge in [0.15, 0.2) is 5.75 Å². The molecule has 2 aromatic carbocycles. The van der Waals surface area contributed by atoms with Gasteiger partial charge in [0.05, 0.1) is 5.69 Å². The summed E-state index contributed by atoms with van der Waals surface area (Å²) in [6.07, 6.45) is 0. The van der Waals surface area contributed by atoms with Crippen LogP contribution >= 0.6 is 27.5 Å². The Morgan fingerprint density at radius 2 is 1.88 bits per heavy atom. The molecule has 0 aliphatic heterocycles. The van der Waals surface area contributed by atoms with E-state index in [1.54, 1.807) is 18.2 Å². The predicted molar refractivity (Wildman–Crippen MR) is 70.1 cm³/mol. The van der Waals surface area contributed by atoms with E-state index >= 15 is 0 Å². The van der Waals surface area contributed by atoms with Crippen LogP contribution in [-0.2, 0) is 0 Å². The SMILES string of the molecule is Nc1c(Br)cccc1Oc1cccc(Cl)c1. The molecule has 0 amide bonds. The lowest BCUT2D eigenvalue weighted by Gasteiger charge is -2.09. The van der Waals surface area contributed by atoms with Crippen LogP contribution < -0.4 is 10.5 Å². The normalized spacial score (nSPS) is 10.1. The second-order valence-corrected chi connectivity index (χ2v) is 4.50. The van der Waals surface area contributed by atoms with E-state index in [0.29, 0.717) is 22.2 Å². The van der Waals surface area contributed by atoms with Crippen molar-refractivity contribution in [2.75, 3.05) is 5.73 Å². The summed E-state index contributed by atoms with van der Waals surface area (Å²) in [4.78, 5) is 0. The van der Waals surface area contributed by atoms with Crippen molar-refractivity contribution in [3.8, 4) is 11.5 Å². The number of nitrogens with two attached hydrogens (primary N) is 1. The van der Waals surface area contributed by atoms with Gasteiger partial charge in [-0.25, -0.2) is 0 Å². The summed E-state index contributed by atoms with van der Waals surface area (Å²) >= 11 is 9.20. The highest BCUT2D eigenvalue weighted by Gasteiger charge is 2.05. The molecule has 82 valence electrons. The molecule has 0 spiro atoms. The van der Waals surface area contributed by atoms with E-state index in [2.05, 4.69) is 15.9 Å². The van der Waals surface area contributed by atoms with Crippen LogP contribution in [0.1, 0.15) is 0 Å². The lowest BCUT2D eigenvalue weighted by molar-refractivity contribution is 0.485. The van der Waals surface area contributed by atoms with Gasteiger partial charge in [-0.3, -0.25) is 0 Å². The molecular formula is C12H9BrClNO. The third kappa shape index (κ3) is 2.49. The Labute approximate surface area is 107 Å². The van der Waals surface area contributed by atoms with Gasteiger partial charge in [-0.15, -0.1) is 0 Å². The largest absolute Gasteiger partial charge is 0.455 e. The smallest absolute Gasteiger partial charge is 0.151 e. The van der Waals surface area contributed by atoms with E-state index in [0.717, 1.165) is 4.47 Å². The second-order valence-electron chi connectivity index (χ2n) is 3.21. The molecule has 2 N–H and O–H groups in total. The summed E-state index contributed by atoms with van der Waals surface area (Å²) in [5.41, 5.74) is 6.44. The molecule has 0 atom stereocenters. The second kappa shape index (κ2) is 4.76. The van der Waals surface area contributed by atoms with Gasteiger partial charge < -0.3 is 10.5 Å². The van der Waals surface area contributed by atoms with E-state index < -0.39 is 0 Å². The van der Waals surface area contributed by atoms with Crippen molar-refractivity contribution >= 4 is 33.2 Å². The maximum absolute atomic E-state index is 5.86. The molecule has 0 heterocycles. The van der Waals surface area contributed by atoms with Crippen LogP contribution in [-0.4, -0.2) is 0 Å². The van der Waals surface area contributed by atoms with Crippen LogP contribution in [0.5, 0.6) is 11.5 Å². The summed E-state index contributed by atoms with van der Waals surface area (Å²) in [5, 5.41) is 0.631. The Morgan fingerprint density at radius 3 is 2.62 bits per heavy atom. The highest BCUT2D eigenvalue weighted by molar-refractivity contribution is 9.10. The van der Waals surface area contributed by atoms with Gasteiger partial charge >= 0.3 is 0 Å². The number of rotatable bonds is 2. The fourth-order valence-electron chi connectivity index (χ4n) is 1.26. The minimum Gasteiger partial charge on any atom is -0.455 e. The maximum atomic E-state index is 5.86. The summed E-state index contributed by atoms with van der Waals surface area (Å²) in [6.45, 7) is 0. The van der Waals surface area contributed by atoms with Gasteiger partial charge in [0, 0.05) is 9.50 Å². The zero-order chi connectivity index (χ0) is 11.5. The first-order valence-electron chi connectivity index (χ1n) is 4.64. The van der Waals surface area contributed by atoms with Gasteiger partial charge in [-0.1, -0.05) is 23.7 Å². The molecule has 0 fully saturated rings. The van der Waals surface area contributed by atoms with Gasteiger partial charge in [-0.2, -0.15) is 0 Å². The van der Waals surface area contributed by atoms with E-state index in [-0.39, 0.29) is 0 Å². The zero-order valence-electron chi connectivity index (χ0n) is 8.28. The molecule has 0 bridgehead atoms. The molecule has 0 unspecified atom stereocenters. The van der Waals surface area contributed by atoms with Crippen molar-refractivity contribution < 1.29 is 4.74 Å². The van der Waals surface area contributed by atoms with E-state index in [1.165, 1.54) is 0 Å². The number of hydrogen-bond donors (Lipinski definition) is 1. The summed E-state index contributed by atoms with van der Waals surface area (Å²) in [5.74, 6) is 1.27. The van der Waals surface area contributed by atoms with E-state index in [9.17, 15) is 0 Å². The fraction of sp³-hybridized carbons (Fsp3) is 0. The minimum atomic E-state index is 0.572. The highest BCUT2D eigenvalue weighted by Crippen LogP contribution is 2.33. The molecule has 0 saturated carbocycles. The molecule has 0 radical (unpaired) electrons. The maximum Gasteiger partial charge on any atom is 0.151 e. The van der Waals surface area contributed by atoms with E-state index in [1.807, 2.05) is 24.3 Å². The third-order valence-corrected chi connectivity index (χ3v) is 2.96. The Hall–Kier alpha value is -1.19. The lowest BCUT2D eigenvalue weighted by Crippen LogP contribution is -1.92. The first-order chi connectivity index (χ1) is 7.66. The third-order valence-electron chi connectivity index (χ3n) is 2.04. The molecule has 0 aliphatic rings. The van der Waals surface area contributed by atoms with Gasteiger partial charge in [0.1, 0.15) is 5.75 Å². The first-order valence-corrected chi connectivity index (χ1v) is 5.81. The van der Waals surface area contributed by atoms with Crippen LogP contribution in [0, 0.1) is 0 Å². The molecule has 0 saturated heterocycles. The van der Waals surface area contributed by atoms with Crippen molar-refractivity contribution in [3.63, 3.8) is 0 Å². The summed E-state index contributed by atoms with van der Waals surface area (Å²) < 4.78 is 6.44. The van der Waals surface area contributed by atoms with Crippen molar-refractivity contribution in [2.45, 2.75) is 0 Å². The van der Waals surface area contributed by atoms with Crippen LogP contribution in [0.15, 0.2) is 46.9 Å². The molecule has 0 aromatic heterocycles. The zero-order valence-corrected chi connectivity index (χ0v) is 10.6. The number of anilines is 1. The number of para-hydroxylation sites is 1. The molecule has 4 heteroatoms. The monoisotopic (exact) mass is 297 g/mol. The van der Waals surface area contributed by atoms with Crippen LogP contribution in [0.3, 0.4) is 0 Å². The lowest BCUT2D eigenvalue weighted by atomic mass is 10.3. The molecule has 2 rings (SSSR count). The molecule has 2 aromatic rings. The number of ether oxygens (including phenoxy) is 1. The van der Waals surface area contributed by atoms with Crippen molar-refractivity contribution in [1.82, 2.24) is 0 Å². The summed E-state index contributed by atoms with van der Waals surface area (Å²) in [6, 6.07) is 12.7. The van der Waals surface area contributed by atoms with Crippen LogP contribution in [0.2, 0.25) is 5.02 Å². The van der Waals surface area contributed by atoms with Gasteiger partial charge in [0.25, 0.3) is 0 Å². The average Bonchev–Trinajstić information content (AvgIpc) is 2.25. The number of benzene rings is 2. The van der Waals surface area contributed by atoms with Crippen molar-refractivity contribution in [3.05, 3.63) is 52.0 Å². The van der Waals surface area contributed by atoms with Gasteiger partial charge in [-0.05, 0) is 46.3 Å². The Bertz CT molecular complexity index is 516. The van der Waals surface area contributed by atoms with E-state index in [4.69, 9.17) is 22.1 Å². The Kier molecular flexibility index (Phi) is 3.36. The molecule has 2 nitrogen and oxygen atoms in total. The van der Waals surface area contributed by atoms with Crippen molar-refractivity contribution in [2.24, 2.45) is 0 Å².